The molecule has 7 nitrogen and oxygen atoms in total. The quantitative estimate of drug-likeness (QED) is 0.282. The molecule has 3 aromatic carbocycles. The van der Waals surface area contributed by atoms with Gasteiger partial charge < -0.3 is 10.1 Å². The molecule has 0 saturated carbocycles. The minimum Gasteiger partial charge on any atom is -0.454 e. The maximum absolute atomic E-state index is 14.1. The Labute approximate surface area is 243 Å². The Hall–Kier alpha value is -3.97. The molecule has 3 amide bonds. The lowest BCUT2D eigenvalue weighted by Crippen LogP contribution is -2.47. The van der Waals surface area contributed by atoms with Crippen LogP contribution < -0.4 is 5.32 Å². The Balaban J connectivity index is 1.26. The zero-order valence-corrected chi connectivity index (χ0v) is 23.7. The number of esters is 1. The highest BCUT2D eigenvalue weighted by molar-refractivity contribution is 6.31. The molecular weight excluding hydrogens is 540 g/mol. The van der Waals surface area contributed by atoms with Crippen molar-refractivity contribution < 1.29 is 23.9 Å². The van der Waals surface area contributed by atoms with E-state index in [4.69, 9.17) is 16.3 Å². The summed E-state index contributed by atoms with van der Waals surface area (Å²) in [6.45, 7) is 3.21. The highest BCUT2D eigenvalue weighted by Gasteiger charge is 2.63. The first-order valence-corrected chi connectivity index (χ1v) is 14.5. The Kier molecular flexibility index (Phi) is 7.16. The number of halogens is 1. The molecule has 7 rings (SSSR count). The van der Waals surface area contributed by atoms with Crippen LogP contribution in [-0.4, -0.2) is 41.2 Å². The molecule has 3 aromatic rings. The second-order valence-electron chi connectivity index (χ2n) is 11.0. The van der Waals surface area contributed by atoms with Gasteiger partial charge in [0.2, 0.25) is 11.8 Å². The third-order valence-corrected chi connectivity index (χ3v) is 9.19. The van der Waals surface area contributed by atoms with Crippen molar-refractivity contribution in [3.63, 3.8) is 0 Å². The molecule has 0 aromatic heterocycles. The van der Waals surface area contributed by atoms with Crippen LogP contribution in [0.3, 0.4) is 0 Å². The normalized spacial score (nSPS) is 22.6. The summed E-state index contributed by atoms with van der Waals surface area (Å²) in [5.41, 5.74) is 5.50. The number of unbranched alkanes of at least 4 members (excludes halogenated alkanes) is 1. The molecule has 41 heavy (non-hydrogen) atoms. The van der Waals surface area contributed by atoms with Gasteiger partial charge in [-0.25, -0.2) is 4.79 Å². The van der Waals surface area contributed by atoms with Crippen molar-refractivity contribution in [3.8, 4) is 0 Å². The highest BCUT2D eigenvalue weighted by atomic mass is 35.5. The summed E-state index contributed by atoms with van der Waals surface area (Å²) in [6, 6.07) is 20.1. The van der Waals surface area contributed by atoms with E-state index in [-0.39, 0.29) is 30.1 Å². The number of ether oxygens (including phenoxy) is 1. The van der Waals surface area contributed by atoms with E-state index in [9.17, 15) is 19.2 Å². The first-order chi connectivity index (χ1) is 19.8. The van der Waals surface area contributed by atoms with Gasteiger partial charge in [-0.05, 0) is 53.3 Å². The molecule has 4 aliphatic rings. The maximum Gasteiger partial charge on any atom is 0.329 e. The number of amides is 3. The Bertz CT molecular complexity index is 1450. The van der Waals surface area contributed by atoms with E-state index < -0.39 is 36.4 Å². The van der Waals surface area contributed by atoms with Crippen molar-refractivity contribution in [2.24, 2.45) is 11.8 Å². The number of nitrogens with one attached hydrogen (secondary N) is 1. The molecule has 1 aliphatic heterocycles. The third kappa shape index (κ3) is 4.43. The van der Waals surface area contributed by atoms with Gasteiger partial charge in [0.1, 0.15) is 6.04 Å². The van der Waals surface area contributed by atoms with E-state index >= 15 is 0 Å². The minimum atomic E-state index is -1.09. The highest BCUT2D eigenvalue weighted by Crippen LogP contribution is 2.61. The molecule has 0 unspecified atom stereocenters. The number of imide groups is 1. The smallest absolute Gasteiger partial charge is 0.329 e. The number of hydrogen-bond donors (Lipinski definition) is 1. The molecule has 2 bridgehead atoms. The fourth-order valence-electron chi connectivity index (χ4n) is 6.92. The largest absolute Gasteiger partial charge is 0.454 e. The van der Waals surface area contributed by atoms with E-state index in [1.54, 1.807) is 25.1 Å². The van der Waals surface area contributed by atoms with Gasteiger partial charge in [0.05, 0.1) is 11.8 Å². The van der Waals surface area contributed by atoms with Crippen LogP contribution in [0.4, 0.5) is 5.69 Å². The Morgan fingerprint density at radius 1 is 0.878 bits per heavy atom. The van der Waals surface area contributed by atoms with Crippen LogP contribution in [0.25, 0.3) is 0 Å². The second kappa shape index (κ2) is 10.8. The van der Waals surface area contributed by atoms with Gasteiger partial charge in [-0.3, -0.25) is 19.3 Å². The second-order valence-corrected chi connectivity index (χ2v) is 11.4. The summed E-state index contributed by atoms with van der Waals surface area (Å²) in [7, 11) is 0. The number of nitrogens with zero attached hydrogens (tertiary/aromatic N) is 1. The standard InChI is InChI=1S/C33H31ClN2O5/c1-3-4-16-25(33(40)41-17-26(37)35-24-15-9-14-23(34)18(24)2)36-31(38)29-27-19-10-5-6-11-20(19)28(30(29)32(36)39)22-13-8-7-12-21(22)27/h5-15,25,27-30H,3-4,16-17H2,1-2H3,(H,35,37)/t25-,27?,28?,29-,30+/m1/s1. The number of anilines is 1. The van der Waals surface area contributed by atoms with Crippen molar-refractivity contribution in [2.45, 2.75) is 51.0 Å². The van der Waals surface area contributed by atoms with Gasteiger partial charge in [-0.2, -0.15) is 0 Å². The van der Waals surface area contributed by atoms with Crippen LogP contribution in [0.2, 0.25) is 5.02 Å². The van der Waals surface area contributed by atoms with E-state index in [0.717, 1.165) is 33.6 Å². The topological polar surface area (TPSA) is 92.8 Å². The number of hydrogen-bond acceptors (Lipinski definition) is 5. The van der Waals surface area contributed by atoms with Crippen LogP contribution >= 0.6 is 11.6 Å². The van der Waals surface area contributed by atoms with Gasteiger partial charge in [-0.1, -0.05) is 86.0 Å². The SMILES string of the molecule is CCCC[C@H](C(=O)OCC(=O)Nc1cccc(Cl)c1C)N1C(=O)[C@@H]2C3c4ccccc4C(c4ccccc43)[C@@H]2C1=O. The first kappa shape index (κ1) is 27.2. The van der Waals surface area contributed by atoms with Crippen LogP contribution in [0.1, 0.15) is 65.8 Å². The lowest BCUT2D eigenvalue weighted by Gasteiger charge is -2.45. The zero-order valence-electron chi connectivity index (χ0n) is 22.9. The molecule has 0 radical (unpaired) electrons. The fourth-order valence-corrected chi connectivity index (χ4v) is 7.09. The molecule has 3 aliphatic carbocycles. The fraction of sp³-hybridized carbons (Fsp3) is 0.333. The first-order valence-electron chi connectivity index (χ1n) is 14.1. The third-order valence-electron chi connectivity index (χ3n) is 8.78. The number of carbonyl (C=O) groups excluding carboxylic acids is 4. The number of likely N-dealkylation sites (tertiary alicyclic amines) is 1. The van der Waals surface area contributed by atoms with Crippen molar-refractivity contribution in [1.29, 1.82) is 0 Å². The maximum atomic E-state index is 14.1. The molecule has 1 saturated heterocycles. The Morgan fingerprint density at radius 3 is 1.93 bits per heavy atom. The van der Waals surface area contributed by atoms with Gasteiger partial charge in [-0.15, -0.1) is 0 Å². The van der Waals surface area contributed by atoms with Crippen LogP contribution in [0, 0.1) is 18.8 Å². The minimum absolute atomic E-state index is 0.256. The van der Waals surface area contributed by atoms with Crippen LogP contribution in [0.15, 0.2) is 66.7 Å². The predicted octanol–water partition coefficient (Wildman–Crippen LogP) is 5.58. The van der Waals surface area contributed by atoms with E-state index in [1.165, 1.54) is 0 Å². The molecule has 210 valence electrons. The average molecular weight is 571 g/mol. The molecule has 3 atom stereocenters. The summed E-state index contributed by atoms with van der Waals surface area (Å²) in [5, 5.41) is 3.21. The van der Waals surface area contributed by atoms with Gasteiger partial charge in [0.25, 0.3) is 5.91 Å². The van der Waals surface area contributed by atoms with Gasteiger partial charge >= 0.3 is 5.97 Å². The summed E-state index contributed by atoms with van der Waals surface area (Å²) < 4.78 is 5.43. The zero-order chi connectivity index (χ0) is 28.8. The summed E-state index contributed by atoms with van der Waals surface area (Å²) in [5.74, 6) is -3.63. The van der Waals surface area contributed by atoms with E-state index in [0.29, 0.717) is 22.7 Å². The summed E-state index contributed by atoms with van der Waals surface area (Å²) in [6.07, 6.45) is 1.66. The lowest BCUT2D eigenvalue weighted by molar-refractivity contribution is -0.160. The van der Waals surface area contributed by atoms with Crippen LogP contribution in [0.5, 0.6) is 0 Å². The lowest BCUT2D eigenvalue weighted by atomic mass is 9.55. The average Bonchev–Trinajstić information content (AvgIpc) is 3.24. The number of carbonyl (C=O) groups is 4. The molecule has 1 heterocycles. The van der Waals surface area contributed by atoms with Crippen molar-refractivity contribution >= 4 is 41.0 Å². The number of rotatable bonds is 8. The molecule has 1 N–H and O–H groups in total. The van der Waals surface area contributed by atoms with Crippen molar-refractivity contribution in [3.05, 3.63) is 99.6 Å². The predicted molar refractivity (Wildman–Crippen MR) is 154 cm³/mol. The monoisotopic (exact) mass is 570 g/mol. The molecular formula is C33H31ClN2O5. The van der Waals surface area contributed by atoms with Gasteiger partial charge in [0.15, 0.2) is 6.61 Å². The molecule has 1 fully saturated rings. The molecule has 8 heteroatoms. The Morgan fingerprint density at radius 2 is 1.41 bits per heavy atom. The van der Waals surface area contributed by atoms with Crippen molar-refractivity contribution in [2.75, 3.05) is 11.9 Å². The number of benzene rings is 3. The van der Waals surface area contributed by atoms with E-state index in [2.05, 4.69) is 5.32 Å². The van der Waals surface area contributed by atoms with Gasteiger partial charge in [0, 0.05) is 22.5 Å². The van der Waals surface area contributed by atoms with Crippen molar-refractivity contribution in [1.82, 2.24) is 4.90 Å². The van der Waals surface area contributed by atoms with Crippen LogP contribution in [-0.2, 0) is 23.9 Å². The summed E-state index contributed by atoms with van der Waals surface area (Å²) in [4.78, 5) is 55.5. The van der Waals surface area contributed by atoms with E-state index in [1.807, 2.05) is 55.5 Å². The summed E-state index contributed by atoms with van der Waals surface area (Å²) >= 11 is 6.14. The molecule has 0 spiro atoms.